The Morgan fingerprint density at radius 2 is 2.25 bits per heavy atom. The predicted molar refractivity (Wildman–Crippen MR) is 76.6 cm³/mol. The first-order valence-corrected chi connectivity index (χ1v) is 7.79. The molecule has 1 heterocycles. The van der Waals surface area contributed by atoms with Gasteiger partial charge in [0.2, 0.25) is 5.91 Å². The number of carboxylic acid groups (broad SMARTS) is 1. The molecule has 1 amide bonds. The fraction of sp³-hybridized carbons (Fsp3) is 0.643. The van der Waals surface area contributed by atoms with Crippen LogP contribution in [0.3, 0.4) is 0 Å². The largest absolute Gasteiger partial charge is 0.481 e. The van der Waals surface area contributed by atoms with Crippen LogP contribution in [0.4, 0.5) is 0 Å². The summed E-state index contributed by atoms with van der Waals surface area (Å²) in [6, 6.07) is -0.118. The summed E-state index contributed by atoms with van der Waals surface area (Å²) in [5, 5.41) is 15.0. The van der Waals surface area contributed by atoms with E-state index in [1.165, 1.54) is 11.3 Å². The highest BCUT2D eigenvalue weighted by Gasteiger charge is 2.46. The van der Waals surface area contributed by atoms with Crippen molar-refractivity contribution < 1.29 is 14.7 Å². The molecule has 1 aliphatic carbocycles. The van der Waals surface area contributed by atoms with E-state index < -0.39 is 11.4 Å². The highest BCUT2D eigenvalue weighted by molar-refractivity contribution is 7.09. The highest BCUT2D eigenvalue weighted by atomic mass is 32.1. The van der Waals surface area contributed by atoms with Gasteiger partial charge in [-0.05, 0) is 26.2 Å². The SMILES string of the molecule is CCC(NC(=O)CC1(C(=O)O)CCC1)c1nc(C)cs1. The van der Waals surface area contributed by atoms with Crippen LogP contribution in [0.25, 0.3) is 0 Å². The van der Waals surface area contributed by atoms with Gasteiger partial charge in [-0.15, -0.1) is 11.3 Å². The van der Waals surface area contributed by atoms with Crippen molar-refractivity contribution in [2.45, 2.75) is 52.0 Å². The van der Waals surface area contributed by atoms with Gasteiger partial charge in [0.25, 0.3) is 0 Å². The molecule has 110 valence electrons. The number of nitrogens with zero attached hydrogens (tertiary/aromatic N) is 1. The number of hydrogen-bond acceptors (Lipinski definition) is 4. The van der Waals surface area contributed by atoms with Crippen LogP contribution in [0.15, 0.2) is 5.38 Å². The van der Waals surface area contributed by atoms with Gasteiger partial charge in [-0.25, -0.2) is 4.98 Å². The van der Waals surface area contributed by atoms with E-state index in [0.717, 1.165) is 23.5 Å². The van der Waals surface area contributed by atoms with Crippen molar-refractivity contribution in [2.75, 3.05) is 0 Å². The first-order chi connectivity index (χ1) is 9.47. The third-order valence-corrected chi connectivity index (χ3v) is 5.02. The molecule has 0 aliphatic heterocycles. The second kappa shape index (κ2) is 5.91. The molecule has 2 N–H and O–H groups in total. The summed E-state index contributed by atoms with van der Waals surface area (Å²) < 4.78 is 0. The zero-order chi connectivity index (χ0) is 14.8. The van der Waals surface area contributed by atoms with Crippen molar-refractivity contribution in [3.8, 4) is 0 Å². The number of carbonyl (C=O) groups is 2. The highest BCUT2D eigenvalue weighted by Crippen LogP contribution is 2.44. The Kier molecular flexibility index (Phi) is 4.42. The lowest BCUT2D eigenvalue weighted by molar-refractivity contribution is -0.157. The Balaban J connectivity index is 1.98. The van der Waals surface area contributed by atoms with Crippen LogP contribution >= 0.6 is 11.3 Å². The van der Waals surface area contributed by atoms with Gasteiger partial charge in [0.1, 0.15) is 5.01 Å². The predicted octanol–water partition coefficient (Wildman–Crippen LogP) is 2.66. The van der Waals surface area contributed by atoms with Gasteiger partial charge in [-0.2, -0.15) is 0 Å². The monoisotopic (exact) mass is 296 g/mol. The van der Waals surface area contributed by atoms with E-state index in [2.05, 4.69) is 10.3 Å². The Bertz CT molecular complexity index is 508. The third kappa shape index (κ3) is 3.00. The lowest BCUT2D eigenvalue weighted by atomic mass is 9.66. The van der Waals surface area contributed by atoms with E-state index >= 15 is 0 Å². The molecule has 0 saturated heterocycles. The lowest BCUT2D eigenvalue weighted by Crippen LogP contribution is -2.43. The molecule has 6 heteroatoms. The first kappa shape index (κ1) is 15.0. The summed E-state index contributed by atoms with van der Waals surface area (Å²) in [5.74, 6) is -1.04. The number of rotatable bonds is 6. The normalized spacial score (nSPS) is 18.1. The van der Waals surface area contributed by atoms with E-state index in [9.17, 15) is 14.7 Å². The van der Waals surface area contributed by atoms with Gasteiger partial charge in [0.15, 0.2) is 0 Å². The van der Waals surface area contributed by atoms with Crippen molar-refractivity contribution in [1.29, 1.82) is 0 Å². The van der Waals surface area contributed by atoms with Gasteiger partial charge < -0.3 is 10.4 Å². The van der Waals surface area contributed by atoms with Crippen LogP contribution in [0.5, 0.6) is 0 Å². The maximum absolute atomic E-state index is 12.1. The molecule has 1 aromatic rings. The third-order valence-electron chi connectivity index (χ3n) is 3.94. The van der Waals surface area contributed by atoms with Crippen molar-refractivity contribution >= 4 is 23.2 Å². The molecule has 20 heavy (non-hydrogen) atoms. The summed E-state index contributed by atoms with van der Waals surface area (Å²) in [6.45, 7) is 3.90. The van der Waals surface area contributed by atoms with Crippen LogP contribution in [0, 0.1) is 12.3 Å². The summed E-state index contributed by atoms with van der Waals surface area (Å²) >= 11 is 1.53. The average molecular weight is 296 g/mol. The summed E-state index contributed by atoms with van der Waals surface area (Å²) in [5.41, 5.74) is 0.111. The zero-order valence-electron chi connectivity index (χ0n) is 11.8. The molecular weight excluding hydrogens is 276 g/mol. The number of aliphatic carboxylic acids is 1. The molecule has 0 aromatic carbocycles. The molecular formula is C14H20N2O3S. The number of nitrogens with one attached hydrogen (secondary N) is 1. The molecule has 0 radical (unpaired) electrons. The molecule has 2 rings (SSSR count). The standard InChI is InChI=1S/C14H20N2O3S/c1-3-10(12-15-9(2)8-20-12)16-11(17)7-14(13(18)19)5-4-6-14/h8,10H,3-7H2,1-2H3,(H,16,17)(H,18,19). The van der Waals surface area contributed by atoms with Crippen molar-refractivity contribution in [2.24, 2.45) is 5.41 Å². The smallest absolute Gasteiger partial charge is 0.310 e. The fourth-order valence-corrected chi connectivity index (χ4v) is 3.42. The summed E-state index contributed by atoms with van der Waals surface area (Å²) in [6.07, 6.45) is 2.91. The lowest BCUT2D eigenvalue weighted by Gasteiger charge is -2.37. The molecule has 0 bridgehead atoms. The fourth-order valence-electron chi connectivity index (χ4n) is 2.49. The van der Waals surface area contributed by atoms with E-state index in [1.807, 2.05) is 19.2 Å². The van der Waals surface area contributed by atoms with Crippen LogP contribution in [-0.2, 0) is 9.59 Å². The minimum atomic E-state index is -0.850. The number of amides is 1. The number of carbonyl (C=O) groups excluding carboxylic acids is 1. The zero-order valence-corrected chi connectivity index (χ0v) is 12.6. The maximum atomic E-state index is 12.1. The molecule has 1 aliphatic rings. The molecule has 1 atom stereocenters. The average Bonchev–Trinajstić information content (AvgIpc) is 2.77. The Hall–Kier alpha value is -1.43. The number of aromatic nitrogens is 1. The molecule has 1 saturated carbocycles. The minimum Gasteiger partial charge on any atom is -0.481 e. The quantitative estimate of drug-likeness (QED) is 0.846. The Morgan fingerprint density at radius 3 is 2.65 bits per heavy atom. The topological polar surface area (TPSA) is 79.3 Å². The van der Waals surface area contributed by atoms with Gasteiger partial charge >= 0.3 is 5.97 Å². The summed E-state index contributed by atoms with van der Waals surface area (Å²) in [4.78, 5) is 27.8. The number of carboxylic acids is 1. The minimum absolute atomic E-state index is 0.0726. The van der Waals surface area contributed by atoms with E-state index in [-0.39, 0.29) is 18.4 Å². The van der Waals surface area contributed by atoms with E-state index in [0.29, 0.717) is 12.8 Å². The second-order valence-electron chi connectivity index (χ2n) is 5.47. The van der Waals surface area contributed by atoms with Crippen LogP contribution in [0.1, 0.15) is 55.8 Å². The second-order valence-corrected chi connectivity index (χ2v) is 6.36. The van der Waals surface area contributed by atoms with E-state index in [1.54, 1.807) is 0 Å². The Morgan fingerprint density at radius 1 is 1.55 bits per heavy atom. The van der Waals surface area contributed by atoms with Gasteiger partial charge in [-0.1, -0.05) is 13.3 Å². The number of hydrogen-bond donors (Lipinski definition) is 2. The maximum Gasteiger partial charge on any atom is 0.310 e. The van der Waals surface area contributed by atoms with Crippen molar-refractivity contribution in [3.05, 3.63) is 16.1 Å². The van der Waals surface area contributed by atoms with Crippen LogP contribution < -0.4 is 5.32 Å². The van der Waals surface area contributed by atoms with Crippen molar-refractivity contribution in [1.82, 2.24) is 10.3 Å². The first-order valence-electron chi connectivity index (χ1n) is 6.91. The molecule has 1 aromatic heterocycles. The molecule has 0 spiro atoms. The van der Waals surface area contributed by atoms with Crippen molar-refractivity contribution in [3.63, 3.8) is 0 Å². The van der Waals surface area contributed by atoms with Crippen LogP contribution in [0.2, 0.25) is 0 Å². The molecule has 5 nitrogen and oxygen atoms in total. The number of aryl methyl sites for hydroxylation is 1. The van der Waals surface area contributed by atoms with Gasteiger partial charge in [0, 0.05) is 17.5 Å². The molecule has 1 unspecified atom stereocenters. The number of thiazole rings is 1. The van der Waals surface area contributed by atoms with E-state index in [4.69, 9.17) is 0 Å². The Labute approximate surface area is 122 Å². The summed E-state index contributed by atoms with van der Waals surface area (Å²) in [7, 11) is 0. The van der Waals surface area contributed by atoms with Gasteiger partial charge in [0.05, 0.1) is 11.5 Å². The van der Waals surface area contributed by atoms with Gasteiger partial charge in [-0.3, -0.25) is 9.59 Å². The van der Waals surface area contributed by atoms with Crippen LogP contribution in [-0.4, -0.2) is 22.0 Å². The molecule has 1 fully saturated rings.